The molecule has 3 atom stereocenters. The molecular formula is C21H30N4O3S. The van der Waals surface area contributed by atoms with Crippen molar-refractivity contribution in [2.75, 3.05) is 30.9 Å². The summed E-state index contributed by atoms with van der Waals surface area (Å²) in [6.07, 6.45) is 8.10. The molecule has 2 aliphatic rings. The first-order chi connectivity index (χ1) is 14.0. The van der Waals surface area contributed by atoms with E-state index in [1.165, 1.54) is 19.3 Å². The van der Waals surface area contributed by atoms with Crippen molar-refractivity contribution in [3.05, 3.63) is 24.2 Å². The average Bonchev–Trinajstić information content (AvgIpc) is 3.31. The van der Waals surface area contributed by atoms with Gasteiger partial charge in [-0.25, -0.2) is 4.98 Å². The molecule has 1 aliphatic carbocycles. The summed E-state index contributed by atoms with van der Waals surface area (Å²) in [5.74, 6) is 4.24. The van der Waals surface area contributed by atoms with Gasteiger partial charge < -0.3 is 18.7 Å². The van der Waals surface area contributed by atoms with Crippen LogP contribution in [-0.4, -0.2) is 45.6 Å². The predicted octanol–water partition coefficient (Wildman–Crippen LogP) is 3.65. The summed E-state index contributed by atoms with van der Waals surface area (Å²) in [6, 6.07) is 4.30. The monoisotopic (exact) mass is 418 g/mol. The van der Waals surface area contributed by atoms with Crippen molar-refractivity contribution in [1.82, 2.24) is 15.1 Å². The van der Waals surface area contributed by atoms with Crippen LogP contribution in [0.5, 0.6) is 5.75 Å². The van der Waals surface area contributed by atoms with Gasteiger partial charge >= 0.3 is 6.01 Å². The molecule has 1 saturated carbocycles. The minimum absolute atomic E-state index is 0.295. The highest BCUT2D eigenvalue weighted by Crippen LogP contribution is 2.49. The van der Waals surface area contributed by atoms with Crippen LogP contribution in [0.25, 0.3) is 0 Å². The third-order valence-corrected chi connectivity index (χ3v) is 6.93. The Hall–Kier alpha value is -1.80. The third-order valence-electron chi connectivity index (χ3n) is 6.10. The largest absolute Gasteiger partial charge is 0.610 e. The first-order valence-electron chi connectivity index (χ1n) is 10.5. The summed E-state index contributed by atoms with van der Waals surface area (Å²) in [6.45, 7) is 6.88. The summed E-state index contributed by atoms with van der Waals surface area (Å²) in [7, 11) is 0. The van der Waals surface area contributed by atoms with Crippen molar-refractivity contribution in [3.63, 3.8) is 0 Å². The van der Waals surface area contributed by atoms with Crippen molar-refractivity contribution in [2.24, 2.45) is 17.8 Å². The average molecular weight is 419 g/mol. The van der Waals surface area contributed by atoms with Crippen LogP contribution < -0.4 is 9.64 Å². The van der Waals surface area contributed by atoms with E-state index in [0.717, 1.165) is 55.4 Å². The SMILES string of the molecule is CC(C)c1noc(N2CCC(C3CC3CCOc3ccc([S+](C)[O-])nc3)CC2)n1. The molecule has 3 unspecified atom stereocenters. The van der Waals surface area contributed by atoms with Gasteiger partial charge in [0.1, 0.15) is 12.0 Å². The number of rotatable bonds is 8. The minimum Gasteiger partial charge on any atom is -0.610 e. The topological polar surface area (TPSA) is 87.3 Å². The molecule has 2 aromatic heterocycles. The molecule has 2 fully saturated rings. The fraction of sp³-hybridized carbons (Fsp3) is 0.667. The van der Waals surface area contributed by atoms with Gasteiger partial charge in [0, 0.05) is 36.2 Å². The Morgan fingerprint density at radius 3 is 2.72 bits per heavy atom. The summed E-state index contributed by atoms with van der Waals surface area (Å²) in [4.78, 5) is 10.9. The Bertz CT molecular complexity index is 787. The van der Waals surface area contributed by atoms with E-state index < -0.39 is 11.2 Å². The number of aromatic nitrogens is 3. The summed E-state index contributed by atoms with van der Waals surface area (Å²) in [5, 5.41) is 4.67. The second-order valence-electron chi connectivity index (χ2n) is 8.50. The molecule has 1 saturated heterocycles. The molecule has 0 aromatic carbocycles. The second kappa shape index (κ2) is 8.92. The van der Waals surface area contributed by atoms with Gasteiger partial charge in [0.15, 0.2) is 5.82 Å². The summed E-state index contributed by atoms with van der Waals surface area (Å²) < 4.78 is 22.6. The molecule has 1 aliphatic heterocycles. The Morgan fingerprint density at radius 2 is 2.10 bits per heavy atom. The lowest BCUT2D eigenvalue weighted by atomic mass is 9.90. The standard InChI is InChI=1S/C21H30N4O3S/c1-14(2)20-23-21(28-24-20)25-9-6-15(7-10-25)18-12-16(18)8-11-27-17-4-5-19(22-13-17)29(3)26/h4-5,13-16,18H,6-12H2,1-3H3. The van der Waals surface area contributed by atoms with Gasteiger partial charge in [0.2, 0.25) is 5.03 Å². The van der Waals surface area contributed by atoms with Crippen LogP contribution in [0.2, 0.25) is 0 Å². The first-order valence-corrected chi connectivity index (χ1v) is 12.1. The lowest BCUT2D eigenvalue weighted by Crippen LogP contribution is -2.34. The van der Waals surface area contributed by atoms with Crippen molar-refractivity contribution in [1.29, 1.82) is 0 Å². The fourth-order valence-corrected chi connectivity index (χ4v) is 4.70. The zero-order valence-corrected chi connectivity index (χ0v) is 18.2. The van der Waals surface area contributed by atoms with E-state index in [2.05, 4.69) is 33.9 Å². The van der Waals surface area contributed by atoms with E-state index in [9.17, 15) is 4.55 Å². The van der Waals surface area contributed by atoms with Gasteiger partial charge in [-0.15, -0.1) is 0 Å². The number of hydrogen-bond donors (Lipinski definition) is 0. The molecule has 7 nitrogen and oxygen atoms in total. The number of pyridine rings is 1. The molecule has 0 amide bonds. The minimum atomic E-state index is -1.05. The van der Waals surface area contributed by atoms with Crippen LogP contribution in [0.15, 0.2) is 27.9 Å². The highest BCUT2D eigenvalue weighted by Gasteiger charge is 2.43. The van der Waals surface area contributed by atoms with Crippen LogP contribution in [0.1, 0.15) is 51.3 Å². The Balaban J connectivity index is 1.16. The van der Waals surface area contributed by atoms with Crippen LogP contribution in [0, 0.1) is 17.8 Å². The first kappa shape index (κ1) is 20.5. The number of hydrogen-bond acceptors (Lipinski definition) is 7. The second-order valence-corrected chi connectivity index (χ2v) is 9.82. The fourth-order valence-electron chi connectivity index (χ4n) is 4.24. The molecule has 4 rings (SSSR count). The zero-order chi connectivity index (χ0) is 20.4. The Labute approximate surface area is 175 Å². The maximum Gasteiger partial charge on any atom is 0.324 e. The van der Waals surface area contributed by atoms with Crippen LogP contribution >= 0.6 is 0 Å². The Kier molecular flexibility index (Phi) is 6.29. The van der Waals surface area contributed by atoms with E-state index in [-0.39, 0.29) is 0 Å². The predicted molar refractivity (Wildman–Crippen MR) is 112 cm³/mol. The van der Waals surface area contributed by atoms with E-state index in [1.54, 1.807) is 18.5 Å². The van der Waals surface area contributed by atoms with Crippen LogP contribution in [-0.2, 0) is 11.2 Å². The third kappa shape index (κ3) is 5.04. The van der Waals surface area contributed by atoms with E-state index >= 15 is 0 Å². The molecule has 3 heterocycles. The van der Waals surface area contributed by atoms with Crippen LogP contribution in [0.4, 0.5) is 6.01 Å². The van der Waals surface area contributed by atoms with Crippen molar-refractivity contribution >= 4 is 17.2 Å². The zero-order valence-electron chi connectivity index (χ0n) is 17.4. The molecule has 158 valence electrons. The van der Waals surface area contributed by atoms with Gasteiger partial charge in [-0.1, -0.05) is 19.0 Å². The lowest BCUT2D eigenvalue weighted by molar-refractivity contribution is 0.281. The molecule has 2 aromatic rings. The highest BCUT2D eigenvalue weighted by atomic mass is 32.2. The van der Waals surface area contributed by atoms with E-state index in [4.69, 9.17) is 9.26 Å². The van der Waals surface area contributed by atoms with Crippen molar-refractivity contribution in [2.45, 2.75) is 50.5 Å². The molecule has 8 heteroatoms. The normalized spacial score (nSPS) is 23.4. The Morgan fingerprint density at radius 1 is 1.31 bits per heavy atom. The van der Waals surface area contributed by atoms with Gasteiger partial charge in [0.25, 0.3) is 0 Å². The van der Waals surface area contributed by atoms with Crippen molar-refractivity contribution < 1.29 is 13.8 Å². The summed E-state index contributed by atoms with van der Waals surface area (Å²) in [5.41, 5.74) is 0. The van der Waals surface area contributed by atoms with E-state index in [0.29, 0.717) is 17.0 Å². The van der Waals surface area contributed by atoms with Gasteiger partial charge in [-0.05, 0) is 49.5 Å². The van der Waals surface area contributed by atoms with Crippen molar-refractivity contribution in [3.8, 4) is 5.75 Å². The smallest absolute Gasteiger partial charge is 0.324 e. The summed E-state index contributed by atoms with van der Waals surface area (Å²) >= 11 is -1.05. The van der Waals surface area contributed by atoms with Gasteiger partial charge in [-0.3, -0.25) is 0 Å². The molecule has 0 N–H and O–H groups in total. The number of ether oxygens (including phenoxy) is 1. The highest BCUT2D eigenvalue weighted by molar-refractivity contribution is 7.90. The molecular weight excluding hydrogens is 388 g/mol. The number of nitrogens with zero attached hydrogens (tertiary/aromatic N) is 4. The van der Waals surface area contributed by atoms with Gasteiger partial charge in [-0.2, -0.15) is 4.98 Å². The maximum atomic E-state index is 11.4. The number of piperidine rings is 1. The van der Waals surface area contributed by atoms with E-state index in [1.807, 2.05) is 6.07 Å². The molecule has 0 spiro atoms. The van der Waals surface area contributed by atoms with Crippen LogP contribution in [0.3, 0.4) is 0 Å². The lowest BCUT2D eigenvalue weighted by Gasteiger charge is -2.30. The molecule has 0 radical (unpaired) electrons. The van der Waals surface area contributed by atoms with Gasteiger partial charge in [0.05, 0.1) is 12.8 Å². The molecule has 0 bridgehead atoms. The molecule has 29 heavy (non-hydrogen) atoms. The number of anilines is 1. The quantitative estimate of drug-likeness (QED) is 0.605. The maximum absolute atomic E-state index is 11.4.